The van der Waals surface area contributed by atoms with E-state index in [4.69, 9.17) is 9.47 Å². The van der Waals surface area contributed by atoms with E-state index in [0.29, 0.717) is 17.9 Å². The van der Waals surface area contributed by atoms with Crippen LogP contribution in [0.15, 0.2) is 24.3 Å². The predicted octanol–water partition coefficient (Wildman–Crippen LogP) is 0.971. The van der Waals surface area contributed by atoms with Crippen molar-refractivity contribution in [3.8, 4) is 5.75 Å². The molecule has 7 nitrogen and oxygen atoms in total. The third kappa shape index (κ3) is 6.10. The largest absolute Gasteiger partial charge is 0.497 e. The Kier molecular flexibility index (Phi) is 6.59. The lowest BCUT2D eigenvalue weighted by molar-refractivity contribution is -0.122. The first kappa shape index (κ1) is 18.7. The van der Waals surface area contributed by atoms with Gasteiger partial charge in [0.1, 0.15) is 5.75 Å². The summed E-state index contributed by atoms with van der Waals surface area (Å²) in [5.41, 5.74) is 0.702. The van der Waals surface area contributed by atoms with Crippen LogP contribution in [0, 0.1) is 0 Å². The van der Waals surface area contributed by atoms with Gasteiger partial charge in [-0.15, -0.1) is 0 Å². The third-order valence-electron chi connectivity index (χ3n) is 3.81. The number of nitrogens with one attached hydrogen (secondary N) is 2. The molecule has 1 aliphatic heterocycles. The molecule has 1 saturated heterocycles. The monoisotopic (exact) mass is 356 g/mol. The molecule has 0 unspecified atom stereocenters. The van der Waals surface area contributed by atoms with E-state index in [1.165, 1.54) is 0 Å². The molecule has 2 rings (SSSR count). The molecule has 2 N–H and O–H groups in total. The standard InChI is InChI=1S/C16H24N2O5S/c1-22-13-7-5-12(6-8-13)15(18-24(2,20)21)10-16(19)17-11-14-4-3-9-23-14/h5-8,14-15,18H,3-4,9-11H2,1-2H3,(H,17,19)/t14-,15-/m1/s1. The summed E-state index contributed by atoms with van der Waals surface area (Å²) < 4.78 is 36.3. The highest BCUT2D eigenvalue weighted by molar-refractivity contribution is 7.88. The zero-order chi connectivity index (χ0) is 17.6. The summed E-state index contributed by atoms with van der Waals surface area (Å²) in [7, 11) is -1.89. The van der Waals surface area contributed by atoms with Crippen molar-refractivity contribution in [3.63, 3.8) is 0 Å². The predicted molar refractivity (Wildman–Crippen MR) is 90.3 cm³/mol. The minimum atomic E-state index is -3.45. The van der Waals surface area contributed by atoms with Crippen LogP contribution < -0.4 is 14.8 Å². The van der Waals surface area contributed by atoms with Gasteiger partial charge >= 0.3 is 0 Å². The minimum Gasteiger partial charge on any atom is -0.497 e. The van der Waals surface area contributed by atoms with Gasteiger partial charge in [0.15, 0.2) is 0 Å². The first-order chi connectivity index (χ1) is 11.4. The molecule has 1 heterocycles. The van der Waals surface area contributed by atoms with Crippen molar-refractivity contribution in [2.75, 3.05) is 26.5 Å². The Balaban J connectivity index is 2.00. The van der Waals surface area contributed by atoms with Crippen LogP contribution in [-0.4, -0.2) is 46.9 Å². The van der Waals surface area contributed by atoms with E-state index in [0.717, 1.165) is 25.7 Å². The van der Waals surface area contributed by atoms with Crippen LogP contribution in [0.5, 0.6) is 5.75 Å². The molecular weight excluding hydrogens is 332 g/mol. The van der Waals surface area contributed by atoms with Crippen molar-refractivity contribution in [3.05, 3.63) is 29.8 Å². The van der Waals surface area contributed by atoms with E-state index >= 15 is 0 Å². The number of amides is 1. The lowest BCUT2D eigenvalue weighted by atomic mass is 10.0. The molecule has 1 aromatic carbocycles. The summed E-state index contributed by atoms with van der Waals surface area (Å²) in [4.78, 5) is 12.2. The Morgan fingerprint density at radius 3 is 2.62 bits per heavy atom. The summed E-state index contributed by atoms with van der Waals surface area (Å²) in [5.74, 6) is 0.446. The average molecular weight is 356 g/mol. The van der Waals surface area contributed by atoms with Crippen molar-refractivity contribution in [1.29, 1.82) is 0 Å². The van der Waals surface area contributed by atoms with E-state index in [-0.39, 0.29) is 18.4 Å². The minimum absolute atomic E-state index is 0.0200. The van der Waals surface area contributed by atoms with Gasteiger partial charge in [0.25, 0.3) is 0 Å². The Morgan fingerprint density at radius 2 is 2.08 bits per heavy atom. The van der Waals surface area contributed by atoms with Gasteiger partial charge in [-0.1, -0.05) is 12.1 Å². The fourth-order valence-corrected chi connectivity index (χ4v) is 3.35. The molecular formula is C16H24N2O5S. The van der Waals surface area contributed by atoms with Gasteiger partial charge in [-0.3, -0.25) is 4.79 Å². The molecule has 24 heavy (non-hydrogen) atoms. The van der Waals surface area contributed by atoms with E-state index in [9.17, 15) is 13.2 Å². The van der Waals surface area contributed by atoms with Gasteiger partial charge in [-0.25, -0.2) is 13.1 Å². The summed E-state index contributed by atoms with van der Waals surface area (Å²) in [6.45, 7) is 1.18. The highest BCUT2D eigenvalue weighted by atomic mass is 32.2. The number of carbonyl (C=O) groups excluding carboxylic acids is 1. The van der Waals surface area contributed by atoms with E-state index < -0.39 is 16.1 Å². The summed E-state index contributed by atoms with van der Waals surface area (Å²) in [5, 5.41) is 2.81. The van der Waals surface area contributed by atoms with Crippen molar-refractivity contribution >= 4 is 15.9 Å². The van der Waals surface area contributed by atoms with Crippen molar-refractivity contribution in [1.82, 2.24) is 10.0 Å². The fraction of sp³-hybridized carbons (Fsp3) is 0.562. The molecule has 0 saturated carbocycles. The van der Waals surface area contributed by atoms with Crippen LogP contribution in [0.1, 0.15) is 30.9 Å². The van der Waals surface area contributed by atoms with Gasteiger partial charge in [0, 0.05) is 19.6 Å². The second-order valence-corrected chi connectivity index (χ2v) is 7.64. The van der Waals surface area contributed by atoms with Crippen LogP contribution in [0.3, 0.4) is 0 Å². The number of hydrogen-bond donors (Lipinski definition) is 2. The Hall–Kier alpha value is -1.64. The Bertz CT molecular complexity index is 639. The maximum absolute atomic E-state index is 12.2. The molecule has 0 bridgehead atoms. The molecule has 1 fully saturated rings. The van der Waals surface area contributed by atoms with E-state index in [1.807, 2.05) is 0 Å². The normalized spacial score (nSPS) is 19.0. The third-order valence-corrected chi connectivity index (χ3v) is 4.53. The van der Waals surface area contributed by atoms with Gasteiger partial charge < -0.3 is 14.8 Å². The van der Waals surface area contributed by atoms with E-state index in [2.05, 4.69) is 10.0 Å². The number of benzene rings is 1. The molecule has 0 aromatic heterocycles. The number of ether oxygens (including phenoxy) is 2. The molecule has 0 radical (unpaired) electrons. The number of hydrogen-bond acceptors (Lipinski definition) is 5. The van der Waals surface area contributed by atoms with Crippen LogP contribution in [0.2, 0.25) is 0 Å². The topological polar surface area (TPSA) is 93.7 Å². The van der Waals surface area contributed by atoms with Crippen LogP contribution >= 0.6 is 0 Å². The highest BCUT2D eigenvalue weighted by Crippen LogP contribution is 2.21. The van der Waals surface area contributed by atoms with Crippen LogP contribution in [0.25, 0.3) is 0 Å². The summed E-state index contributed by atoms with van der Waals surface area (Å²) >= 11 is 0. The smallest absolute Gasteiger partial charge is 0.222 e. The SMILES string of the molecule is COc1ccc([C@@H](CC(=O)NC[C@H]2CCCO2)NS(C)(=O)=O)cc1. The fourth-order valence-electron chi connectivity index (χ4n) is 2.61. The lowest BCUT2D eigenvalue weighted by Crippen LogP contribution is -2.36. The summed E-state index contributed by atoms with van der Waals surface area (Å²) in [6, 6.07) is 6.33. The Labute approximate surface area is 142 Å². The number of methoxy groups -OCH3 is 1. The van der Waals surface area contributed by atoms with Crippen LogP contribution in [-0.2, 0) is 19.6 Å². The first-order valence-corrected chi connectivity index (χ1v) is 9.76. The lowest BCUT2D eigenvalue weighted by Gasteiger charge is -2.19. The zero-order valence-electron chi connectivity index (χ0n) is 13.9. The molecule has 1 amide bonds. The molecule has 1 aromatic rings. The van der Waals surface area contributed by atoms with Gasteiger partial charge in [-0.05, 0) is 30.5 Å². The van der Waals surface area contributed by atoms with Crippen molar-refractivity contribution < 1.29 is 22.7 Å². The molecule has 0 spiro atoms. The first-order valence-electron chi connectivity index (χ1n) is 7.87. The number of carbonyl (C=O) groups is 1. The molecule has 134 valence electrons. The van der Waals surface area contributed by atoms with Gasteiger partial charge in [0.05, 0.1) is 25.5 Å². The van der Waals surface area contributed by atoms with Gasteiger partial charge in [0.2, 0.25) is 15.9 Å². The zero-order valence-corrected chi connectivity index (χ0v) is 14.8. The van der Waals surface area contributed by atoms with Crippen molar-refractivity contribution in [2.45, 2.75) is 31.4 Å². The van der Waals surface area contributed by atoms with Crippen molar-refractivity contribution in [2.24, 2.45) is 0 Å². The maximum Gasteiger partial charge on any atom is 0.222 e. The molecule has 8 heteroatoms. The second kappa shape index (κ2) is 8.46. The number of sulfonamides is 1. The molecule has 1 aliphatic rings. The second-order valence-electron chi connectivity index (χ2n) is 5.86. The highest BCUT2D eigenvalue weighted by Gasteiger charge is 2.21. The Morgan fingerprint density at radius 1 is 1.38 bits per heavy atom. The van der Waals surface area contributed by atoms with E-state index in [1.54, 1.807) is 31.4 Å². The quantitative estimate of drug-likeness (QED) is 0.724. The average Bonchev–Trinajstić information content (AvgIpc) is 3.04. The summed E-state index contributed by atoms with van der Waals surface area (Å²) in [6.07, 6.45) is 3.09. The van der Waals surface area contributed by atoms with Crippen LogP contribution in [0.4, 0.5) is 0 Å². The molecule has 2 atom stereocenters. The van der Waals surface area contributed by atoms with Gasteiger partial charge in [-0.2, -0.15) is 0 Å². The number of rotatable bonds is 8. The maximum atomic E-state index is 12.2. The molecule has 0 aliphatic carbocycles.